The van der Waals surface area contributed by atoms with Gasteiger partial charge in [0, 0.05) is 16.4 Å². The smallest absolute Gasteiger partial charge is 0.229 e. The van der Waals surface area contributed by atoms with Crippen molar-refractivity contribution in [2.24, 2.45) is 0 Å². The number of anilines is 1. The van der Waals surface area contributed by atoms with Crippen molar-refractivity contribution in [2.45, 2.75) is 39.0 Å². The fourth-order valence-corrected chi connectivity index (χ4v) is 3.88. The molecule has 0 bridgehead atoms. The quantitative estimate of drug-likeness (QED) is 0.693. The van der Waals surface area contributed by atoms with Crippen LogP contribution in [0.5, 0.6) is 0 Å². The van der Waals surface area contributed by atoms with Gasteiger partial charge in [-0.15, -0.1) is 11.3 Å². The third-order valence-electron chi connectivity index (χ3n) is 4.60. The Morgan fingerprint density at radius 1 is 1.32 bits per heavy atom. The zero-order valence-corrected chi connectivity index (χ0v) is 15.2. The molecule has 3 aromatic rings. The SMILES string of the molecule is Cc1ccc(-c2n[nH]c(C3CC3)c2NC(=O)Cc2cccs2)c(C)c1. The normalized spacial score (nSPS) is 13.8. The molecule has 1 aliphatic rings. The van der Waals surface area contributed by atoms with Crippen molar-refractivity contribution in [3.63, 3.8) is 0 Å². The lowest BCUT2D eigenvalue weighted by atomic mass is 10.0. The first kappa shape index (κ1) is 16.1. The molecule has 1 aliphatic carbocycles. The van der Waals surface area contributed by atoms with E-state index in [1.165, 1.54) is 11.1 Å². The number of hydrogen-bond acceptors (Lipinski definition) is 3. The molecule has 25 heavy (non-hydrogen) atoms. The van der Waals surface area contributed by atoms with Crippen molar-refractivity contribution in [1.29, 1.82) is 0 Å². The van der Waals surface area contributed by atoms with Crippen molar-refractivity contribution < 1.29 is 4.79 Å². The van der Waals surface area contributed by atoms with E-state index < -0.39 is 0 Å². The summed E-state index contributed by atoms with van der Waals surface area (Å²) < 4.78 is 0. The van der Waals surface area contributed by atoms with Crippen LogP contribution in [0.25, 0.3) is 11.3 Å². The third kappa shape index (κ3) is 3.37. The number of carbonyl (C=O) groups excluding carboxylic acids is 1. The monoisotopic (exact) mass is 351 g/mol. The lowest BCUT2D eigenvalue weighted by Gasteiger charge is -2.10. The average Bonchev–Trinajstić information content (AvgIpc) is 3.13. The fraction of sp³-hybridized carbons (Fsp3) is 0.300. The molecule has 128 valence electrons. The van der Waals surface area contributed by atoms with Gasteiger partial charge in [0.15, 0.2) is 0 Å². The average molecular weight is 351 g/mol. The first-order valence-electron chi connectivity index (χ1n) is 8.60. The van der Waals surface area contributed by atoms with Crippen LogP contribution in [0.1, 0.15) is 40.5 Å². The first-order chi connectivity index (χ1) is 12.1. The van der Waals surface area contributed by atoms with E-state index in [-0.39, 0.29) is 5.91 Å². The predicted octanol–water partition coefficient (Wildman–Crippen LogP) is 4.81. The standard InChI is InChI=1S/C20H21N3OS/c1-12-5-8-16(13(2)10-12)19-20(18(22-23-19)14-6-7-14)21-17(24)11-15-4-3-9-25-15/h3-5,8-10,14H,6-7,11H2,1-2H3,(H,21,24)(H,22,23). The number of rotatable bonds is 5. The second kappa shape index (κ2) is 6.48. The summed E-state index contributed by atoms with van der Waals surface area (Å²) in [7, 11) is 0. The highest BCUT2D eigenvalue weighted by molar-refractivity contribution is 7.10. The van der Waals surface area contributed by atoms with Crippen molar-refractivity contribution in [2.75, 3.05) is 5.32 Å². The van der Waals surface area contributed by atoms with E-state index in [4.69, 9.17) is 0 Å². The van der Waals surface area contributed by atoms with Crippen LogP contribution in [-0.2, 0) is 11.2 Å². The number of nitrogens with one attached hydrogen (secondary N) is 2. The van der Waals surface area contributed by atoms with Crippen molar-refractivity contribution >= 4 is 22.9 Å². The van der Waals surface area contributed by atoms with E-state index in [0.29, 0.717) is 12.3 Å². The van der Waals surface area contributed by atoms with E-state index in [1.54, 1.807) is 11.3 Å². The maximum atomic E-state index is 12.5. The lowest BCUT2D eigenvalue weighted by molar-refractivity contribution is -0.115. The summed E-state index contributed by atoms with van der Waals surface area (Å²) in [4.78, 5) is 13.6. The number of carbonyl (C=O) groups is 1. The highest BCUT2D eigenvalue weighted by Crippen LogP contribution is 2.45. The van der Waals surface area contributed by atoms with Gasteiger partial charge in [-0.1, -0.05) is 29.8 Å². The number of hydrogen-bond donors (Lipinski definition) is 2. The topological polar surface area (TPSA) is 57.8 Å². The van der Waals surface area contributed by atoms with Gasteiger partial charge in [0.25, 0.3) is 0 Å². The van der Waals surface area contributed by atoms with Crippen LogP contribution < -0.4 is 5.32 Å². The maximum absolute atomic E-state index is 12.5. The van der Waals surface area contributed by atoms with Crippen molar-refractivity contribution in [3.8, 4) is 11.3 Å². The molecule has 2 N–H and O–H groups in total. The van der Waals surface area contributed by atoms with E-state index in [1.807, 2.05) is 17.5 Å². The Kier molecular flexibility index (Phi) is 4.17. The van der Waals surface area contributed by atoms with E-state index in [0.717, 1.165) is 40.4 Å². The Morgan fingerprint density at radius 3 is 2.84 bits per heavy atom. The molecule has 4 nitrogen and oxygen atoms in total. The Hall–Kier alpha value is -2.40. The van der Waals surface area contributed by atoms with Crippen LogP contribution >= 0.6 is 11.3 Å². The molecule has 1 amide bonds. The van der Waals surface area contributed by atoms with Crippen LogP contribution in [0, 0.1) is 13.8 Å². The summed E-state index contributed by atoms with van der Waals surface area (Å²) in [6, 6.07) is 10.3. The summed E-state index contributed by atoms with van der Waals surface area (Å²) in [5.74, 6) is 0.501. The number of aromatic amines is 1. The minimum Gasteiger partial charge on any atom is -0.322 e. The van der Waals surface area contributed by atoms with Crippen molar-refractivity contribution in [1.82, 2.24) is 10.2 Å². The molecule has 0 radical (unpaired) electrons. The Labute approximate surface area is 151 Å². The fourth-order valence-electron chi connectivity index (χ4n) is 3.18. The number of amides is 1. The summed E-state index contributed by atoms with van der Waals surface area (Å²) in [5, 5.41) is 12.9. The second-order valence-corrected chi connectivity index (χ2v) is 7.79. The minimum absolute atomic E-state index is 0.0109. The molecule has 1 aromatic carbocycles. The molecular formula is C20H21N3OS. The van der Waals surface area contributed by atoms with Crippen LogP contribution in [0.15, 0.2) is 35.7 Å². The van der Waals surface area contributed by atoms with Gasteiger partial charge in [-0.2, -0.15) is 5.10 Å². The van der Waals surface area contributed by atoms with E-state index in [2.05, 4.69) is 47.6 Å². The highest BCUT2D eigenvalue weighted by atomic mass is 32.1. The number of aromatic nitrogens is 2. The van der Waals surface area contributed by atoms with E-state index >= 15 is 0 Å². The molecule has 1 saturated carbocycles. The van der Waals surface area contributed by atoms with Gasteiger partial charge in [0.05, 0.1) is 17.8 Å². The molecule has 0 unspecified atom stereocenters. The zero-order valence-electron chi connectivity index (χ0n) is 14.4. The van der Waals surface area contributed by atoms with Crippen molar-refractivity contribution in [3.05, 3.63) is 57.4 Å². The summed E-state index contributed by atoms with van der Waals surface area (Å²) >= 11 is 1.61. The number of benzene rings is 1. The van der Waals surface area contributed by atoms with Gasteiger partial charge in [-0.25, -0.2) is 0 Å². The number of H-pyrrole nitrogens is 1. The first-order valence-corrected chi connectivity index (χ1v) is 9.48. The number of aryl methyl sites for hydroxylation is 2. The van der Waals surface area contributed by atoms with Crippen LogP contribution in [0.3, 0.4) is 0 Å². The van der Waals surface area contributed by atoms with Crippen LogP contribution in [0.4, 0.5) is 5.69 Å². The number of nitrogens with zero attached hydrogens (tertiary/aromatic N) is 1. The molecule has 2 aromatic heterocycles. The molecule has 4 rings (SSSR count). The van der Waals surface area contributed by atoms with E-state index in [9.17, 15) is 4.79 Å². The molecule has 0 atom stereocenters. The molecule has 0 saturated heterocycles. The summed E-state index contributed by atoms with van der Waals surface area (Å²) in [6.07, 6.45) is 2.71. The molecule has 0 spiro atoms. The predicted molar refractivity (Wildman–Crippen MR) is 102 cm³/mol. The van der Waals surface area contributed by atoms with Gasteiger partial charge in [0.1, 0.15) is 5.69 Å². The molecule has 0 aliphatic heterocycles. The third-order valence-corrected chi connectivity index (χ3v) is 5.47. The Morgan fingerprint density at radius 2 is 2.16 bits per heavy atom. The summed E-state index contributed by atoms with van der Waals surface area (Å²) in [6.45, 7) is 4.17. The van der Waals surface area contributed by atoms with Crippen LogP contribution in [0.2, 0.25) is 0 Å². The molecule has 2 heterocycles. The lowest BCUT2D eigenvalue weighted by Crippen LogP contribution is -2.15. The highest BCUT2D eigenvalue weighted by Gasteiger charge is 2.31. The second-order valence-electron chi connectivity index (χ2n) is 6.76. The Bertz CT molecular complexity index is 907. The largest absolute Gasteiger partial charge is 0.322 e. The van der Waals surface area contributed by atoms with Crippen LogP contribution in [-0.4, -0.2) is 16.1 Å². The maximum Gasteiger partial charge on any atom is 0.229 e. The molecule has 5 heteroatoms. The van der Waals surface area contributed by atoms with Gasteiger partial charge < -0.3 is 5.32 Å². The molecule has 1 fully saturated rings. The molecular weight excluding hydrogens is 330 g/mol. The summed E-state index contributed by atoms with van der Waals surface area (Å²) in [5.41, 5.74) is 6.23. The van der Waals surface area contributed by atoms with Gasteiger partial charge in [0.2, 0.25) is 5.91 Å². The number of thiophene rings is 1. The zero-order chi connectivity index (χ0) is 17.4. The Balaban J connectivity index is 1.67. The van der Waals surface area contributed by atoms with Gasteiger partial charge >= 0.3 is 0 Å². The minimum atomic E-state index is 0.0109. The van der Waals surface area contributed by atoms with Gasteiger partial charge in [-0.05, 0) is 43.7 Å². The van der Waals surface area contributed by atoms with Gasteiger partial charge in [-0.3, -0.25) is 9.89 Å².